The third-order valence-corrected chi connectivity index (χ3v) is 1.66. The summed E-state index contributed by atoms with van der Waals surface area (Å²) in [5.74, 6) is 1.23. The number of amides is 1. The molecule has 0 saturated carbocycles. The van der Waals surface area contributed by atoms with Crippen LogP contribution in [0.3, 0.4) is 0 Å². The lowest BCUT2D eigenvalue weighted by molar-refractivity contribution is -0.115. The van der Waals surface area contributed by atoms with E-state index in [1.165, 1.54) is 0 Å². The van der Waals surface area contributed by atoms with Gasteiger partial charge in [-0.15, -0.1) is 10.2 Å². The van der Waals surface area contributed by atoms with Crippen molar-refractivity contribution in [2.45, 2.75) is 20.3 Å². The van der Waals surface area contributed by atoms with Gasteiger partial charge >= 0.3 is 0 Å². The number of nitrogens with zero attached hydrogens (tertiary/aromatic N) is 3. The summed E-state index contributed by atoms with van der Waals surface area (Å²) in [4.78, 5) is 11.0. The zero-order chi connectivity index (χ0) is 9.14. The Hall–Kier alpha value is -1.39. The molecule has 1 amide bonds. The van der Waals surface area contributed by atoms with E-state index in [9.17, 15) is 4.79 Å². The lowest BCUT2D eigenvalue weighted by Gasteiger charge is -2.01. The molecule has 5 heteroatoms. The molecule has 0 atom stereocenters. The molecule has 0 saturated heterocycles. The Labute approximate surface area is 70.8 Å². The van der Waals surface area contributed by atoms with E-state index in [4.69, 9.17) is 0 Å². The number of hydrogen-bond acceptors (Lipinski definition) is 3. The first-order valence-electron chi connectivity index (χ1n) is 3.81. The molecule has 0 aliphatic rings. The Morgan fingerprint density at radius 2 is 2.25 bits per heavy atom. The first kappa shape index (κ1) is 8.70. The van der Waals surface area contributed by atoms with Crippen LogP contribution in [-0.2, 0) is 11.8 Å². The molecule has 0 aliphatic heterocycles. The molecule has 1 rings (SSSR count). The monoisotopic (exact) mass is 168 g/mol. The van der Waals surface area contributed by atoms with Gasteiger partial charge in [0.1, 0.15) is 5.82 Å². The molecule has 0 unspecified atom stereocenters. The van der Waals surface area contributed by atoms with Crippen molar-refractivity contribution in [3.05, 3.63) is 5.82 Å². The lowest BCUT2D eigenvalue weighted by atomic mass is 10.5. The third kappa shape index (κ3) is 1.61. The minimum atomic E-state index is -0.0505. The van der Waals surface area contributed by atoms with E-state index >= 15 is 0 Å². The summed E-state index contributed by atoms with van der Waals surface area (Å²) in [6.45, 7) is 3.62. The highest BCUT2D eigenvalue weighted by Crippen LogP contribution is 2.03. The fourth-order valence-electron chi connectivity index (χ4n) is 0.729. The smallest absolute Gasteiger partial charge is 0.230 e. The molecule has 1 aromatic rings. The molecule has 0 spiro atoms. The van der Waals surface area contributed by atoms with Crippen molar-refractivity contribution in [2.24, 2.45) is 7.05 Å². The van der Waals surface area contributed by atoms with Crippen LogP contribution in [0.15, 0.2) is 0 Å². The van der Waals surface area contributed by atoms with Gasteiger partial charge in [-0.3, -0.25) is 10.1 Å². The fraction of sp³-hybridized carbons (Fsp3) is 0.571. The van der Waals surface area contributed by atoms with E-state index in [-0.39, 0.29) is 5.91 Å². The maximum atomic E-state index is 11.0. The number of aryl methyl sites for hydroxylation is 1. The normalized spacial score (nSPS) is 9.92. The minimum absolute atomic E-state index is 0.0505. The number of rotatable bonds is 2. The van der Waals surface area contributed by atoms with E-state index < -0.39 is 0 Å². The van der Waals surface area contributed by atoms with Crippen LogP contribution in [0, 0.1) is 6.92 Å². The average Bonchev–Trinajstić information content (AvgIpc) is 2.36. The van der Waals surface area contributed by atoms with Crippen LogP contribution < -0.4 is 5.32 Å². The van der Waals surface area contributed by atoms with Gasteiger partial charge < -0.3 is 4.57 Å². The summed E-state index contributed by atoms with van der Waals surface area (Å²) in [5, 5.41) is 10.2. The number of carbonyl (C=O) groups excluding carboxylic acids is 1. The Morgan fingerprint density at radius 3 is 2.67 bits per heavy atom. The second-order valence-electron chi connectivity index (χ2n) is 2.53. The van der Waals surface area contributed by atoms with Crippen LogP contribution in [0.25, 0.3) is 0 Å². The largest absolute Gasteiger partial charge is 0.300 e. The van der Waals surface area contributed by atoms with Gasteiger partial charge in [0.2, 0.25) is 11.9 Å². The van der Waals surface area contributed by atoms with Crippen LogP contribution in [0.4, 0.5) is 5.95 Å². The summed E-state index contributed by atoms with van der Waals surface area (Å²) in [6, 6.07) is 0. The molecule has 0 aromatic carbocycles. The number of carbonyl (C=O) groups is 1. The van der Waals surface area contributed by atoms with E-state index in [1.54, 1.807) is 18.5 Å². The SMILES string of the molecule is CCC(=O)Nc1nnc(C)n1C. The van der Waals surface area contributed by atoms with Crippen molar-refractivity contribution < 1.29 is 4.79 Å². The second kappa shape index (κ2) is 3.34. The van der Waals surface area contributed by atoms with E-state index in [1.807, 2.05) is 6.92 Å². The summed E-state index contributed by atoms with van der Waals surface area (Å²) in [6.07, 6.45) is 0.450. The van der Waals surface area contributed by atoms with Gasteiger partial charge in [-0.2, -0.15) is 0 Å². The second-order valence-corrected chi connectivity index (χ2v) is 2.53. The van der Waals surface area contributed by atoms with Crippen molar-refractivity contribution in [1.29, 1.82) is 0 Å². The summed E-state index contributed by atoms with van der Waals surface area (Å²) in [7, 11) is 1.81. The molecule has 0 radical (unpaired) electrons. The van der Waals surface area contributed by atoms with E-state index in [0.717, 1.165) is 5.82 Å². The molecule has 12 heavy (non-hydrogen) atoms. The topological polar surface area (TPSA) is 59.8 Å². The Morgan fingerprint density at radius 1 is 1.58 bits per heavy atom. The lowest BCUT2D eigenvalue weighted by Crippen LogP contribution is -2.13. The molecule has 5 nitrogen and oxygen atoms in total. The molecule has 1 aromatic heterocycles. The van der Waals surface area contributed by atoms with Crippen molar-refractivity contribution in [3.63, 3.8) is 0 Å². The van der Waals surface area contributed by atoms with Gasteiger partial charge in [0.25, 0.3) is 0 Å². The number of hydrogen-bond donors (Lipinski definition) is 1. The first-order chi connectivity index (χ1) is 5.65. The Bertz CT molecular complexity index is 292. The maximum Gasteiger partial charge on any atom is 0.230 e. The van der Waals surface area contributed by atoms with Crippen LogP contribution >= 0.6 is 0 Å². The van der Waals surface area contributed by atoms with Gasteiger partial charge in [-0.25, -0.2) is 0 Å². The number of nitrogens with one attached hydrogen (secondary N) is 1. The standard InChI is InChI=1S/C7H12N4O/c1-4-6(12)8-7-10-9-5(2)11(7)3/h4H2,1-3H3,(H,8,10,12). The highest BCUT2D eigenvalue weighted by atomic mass is 16.1. The van der Waals surface area contributed by atoms with Gasteiger partial charge in [0, 0.05) is 13.5 Å². The molecule has 0 fully saturated rings. The zero-order valence-electron chi connectivity index (χ0n) is 7.46. The molecule has 1 heterocycles. The fourth-order valence-corrected chi connectivity index (χ4v) is 0.729. The van der Waals surface area contributed by atoms with Crippen LogP contribution in [-0.4, -0.2) is 20.7 Å². The average molecular weight is 168 g/mol. The quantitative estimate of drug-likeness (QED) is 0.698. The van der Waals surface area contributed by atoms with Gasteiger partial charge in [0.05, 0.1) is 0 Å². The number of aromatic nitrogens is 3. The summed E-state index contributed by atoms with van der Waals surface area (Å²) < 4.78 is 1.73. The molecular weight excluding hydrogens is 156 g/mol. The van der Waals surface area contributed by atoms with Crippen molar-refractivity contribution in [3.8, 4) is 0 Å². The maximum absolute atomic E-state index is 11.0. The van der Waals surface area contributed by atoms with Gasteiger partial charge in [-0.1, -0.05) is 6.92 Å². The van der Waals surface area contributed by atoms with Crippen LogP contribution in [0.1, 0.15) is 19.2 Å². The minimum Gasteiger partial charge on any atom is -0.300 e. The van der Waals surface area contributed by atoms with Crippen LogP contribution in [0.2, 0.25) is 0 Å². The molecule has 0 aliphatic carbocycles. The predicted molar refractivity (Wildman–Crippen MR) is 44.7 cm³/mol. The van der Waals surface area contributed by atoms with Gasteiger partial charge in [-0.05, 0) is 6.92 Å². The summed E-state index contributed by atoms with van der Waals surface area (Å²) >= 11 is 0. The molecule has 0 bridgehead atoms. The van der Waals surface area contributed by atoms with Crippen molar-refractivity contribution >= 4 is 11.9 Å². The zero-order valence-corrected chi connectivity index (χ0v) is 7.46. The van der Waals surface area contributed by atoms with E-state index in [0.29, 0.717) is 12.4 Å². The summed E-state index contributed by atoms with van der Waals surface area (Å²) in [5.41, 5.74) is 0. The molecule has 66 valence electrons. The van der Waals surface area contributed by atoms with E-state index in [2.05, 4.69) is 15.5 Å². The van der Waals surface area contributed by atoms with Crippen molar-refractivity contribution in [2.75, 3.05) is 5.32 Å². The third-order valence-electron chi connectivity index (χ3n) is 1.66. The van der Waals surface area contributed by atoms with Gasteiger partial charge in [0.15, 0.2) is 0 Å². The predicted octanol–water partition coefficient (Wildman–Crippen LogP) is 0.472. The molecule has 1 N–H and O–H groups in total. The number of anilines is 1. The highest BCUT2D eigenvalue weighted by Gasteiger charge is 2.06. The Kier molecular flexibility index (Phi) is 2.42. The van der Waals surface area contributed by atoms with Crippen molar-refractivity contribution in [1.82, 2.24) is 14.8 Å². The highest BCUT2D eigenvalue weighted by molar-refractivity contribution is 5.88. The Balaban J connectivity index is 2.76. The molecular formula is C7H12N4O. The van der Waals surface area contributed by atoms with Crippen LogP contribution in [0.5, 0.6) is 0 Å². The first-order valence-corrected chi connectivity index (χ1v) is 3.81.